The van der Waals surface area contributed by atoms with Crippen LogP contribution < -0.4 is 11.3 Å². The molecule has 0 amide bonds. The highest BCUT2D eigenvalue weighted by molar-refractivity contribution is 5.02. The van der Waals surface area contributed by atoms with Crippen LogP contribution in [0.3, 0.4) is 0 Å². The van der Waals surface area contributed by atoms with Gasteiger partial charge in [0.1, 0.15) is 0 Å². The van der Waals surface area contributed by atoms with Crippen LogP contribution in [0.25, 0.3) is 0 Å². The standard InChI is InChI=1S/C16H30N4O/c1-13(12-21-2)10-15(18-17)11-14-8-9-20(19-14)16-6-4-3-5-7-16/h8-9,13,15-16,18H,3-7,10-12,17H2,1-2H3. The van der Waals surface area contributed by atoms with Gasteiger partial charge in [-0.05, 0) is 31.2 Å². The highest BCUT2D eigenvalue weighted by Gasteiger charge is 2.18. The van der Waals surface area contributed by atoms with Gasteiger partial charge in [-0.1, -0.05) is 26.2 Å². The van der Waals surface area contributed by atoms with Gasteiger partial charge in [-0.3, -0.25) is 16.0 Å². The number of nitrogens with two attached hydrogens (primary N) is 1. The summed E-state index contributed by atoms with van der Waals surface area (Å²) in [5, 5.41) is 4.76. The van der Waals surface area contributed by atoms with Gasteiger partial charge in [-0.2, -0.15) is 5.10 Å². The van der Waals surface area contributed by atoms with Gasteiger partial charge in [0.2, 0.25) is 0 Å². The first kappa shape index (κ1) is 16.5. The molecule has 5 heteroatoms. The number of rotatable bonds is 8. The van der Waals surface area contributed by atoms with E-state index < -0.39 is 0 Å². The fourth-order valence-electron chi connectivity index (χ4n) is 3.34. The second-order valence-corrected chi connectivity index (χ2v) is 6.44. The average molecular weight is 294 g/mol. The summed E-state index contributed by atoms with van der Waals surface area (Å²) in [6.45, 7) is 2.96. The van der Waals surface area contributed by atoms with Gasteiger partial charge in [0, 0.05) is 32.4 Å². The molecule has 2 unspecified atom stereocenters. The largest absolute Gasteiger partial charge is 0.384 e. The number of methoxy groups -OCH3 is 1. The van der Waals surface area contributed by atoms with Crippen molar-refractivity contribution in [3.8, 4) is 0 Å². The Morgan fingerprint density at radius 2 is 2.19 bits per heavy atom. The summed E-state index contributed by atoms with van der Waals surface area (Å²) in [6, 6.07) is 2.99. The number of hydrogen-bond acceptors (Lipinski definition) is 4. The molecular formula is C16H30N4O. The van der Waals surface area contributed by atoms with E-state index in [0.717, 1.165) is 25.1 Å². The van der Waals surface area contributed by atoms with Crippen molar-refractivity contribution in [3.63, 3.8) is 0 Å². The molecule has 2 rings (SSSR count). The monoisotopic (exact) mass is 294 g/mol. The van der Waals surface area contributed by atoms with Crippen LogP contribution in [-0.2, 0) is 11.2 Å². The van der Waals surface area contributed by atoms with Gasteiger partial charge in [0.05, 0.1) is 11.7 Å². The minimum Gasteiger partial charge on any atom is -0.384 e. The number of nitrogens with one attached hydrogen (secondary N) is 1. The van der Waals surface area contributed by atoms with Crippen LogP contribution in [0.5, 0.6) is 0 Å². The first-order valence-corrected chi connectivity index (χ1v) is 8.22. The van der Waals surface area contributed by atoms with Crippen molar-refractivity contribution in [2.45, 2.75) is 64.0 Å². The molecule has 1 fully saturated rings. The summed E-state index contributed by atoms with van der Waals surface area (Å²) in [4.78, 5) is 0. The maximum absolute atomic E-state index is 5.69. The van der Waals surface area contributed by atoms with Crippen LogP contribution in [0.4, 0.5) is 0 Å². The first-order chi connectivity index (χ1) is 10.2. The Labute approximate surface area is 128 Å². The van der Waals surface area contributed by atoms with Crippen LogP contribution in [-0.4, -0.2) is 29.5 Å². The van der Waals surface area contributed by atoms with Crippen molar-refractivity contribution in [3.05, 3.63) is 18.0 Å². The lowest BCUT2D eigenvalue weighted by Crippen LogP contribution is -2.38. The highest BCUT2D eigenvalue weighted by atomic mass is 16.5. The summed E-state index contributed by atoms with van der Waals surface area (Å²) in [5.41, 5.74) is 4.06. The zero-order chi connectivity index (χ0) is 15.1. The maximum Gasteiger partial charge on any atom is 0.0640 e. The van der Waals surface area contributed by atoms with E-state index in [-0.39, 0.29) is 6.04 Å². The molecule has 1 aromatic heterocycles. The Morgan fingerprint density at radius 1 is 1.43 bits per heavy atom. The zero-order valence-corrected chi connectivity index (χ0v) is 13.4. The van der Waals surface area contributed by atoms with Crippen molar-refractivity contribution in [1.82, 2.24) is 15.2 Å². The Balaban J connectivity index is 1.87. The lowest BCUT2D eigenvalue weighted by atomic mass is 9.96. The molecular weight excluding hydrogens is 264 g/mol. The van der Waals surface area contributed by atoms with E-state index in [1.54, 1.807) is 7.11 Å². The Hall–Kier alpha value is -0.910. The van der Waals surface area contributed by atoms with Gasteiger partial charge in [0.25, 0.3) is 0 Å². The van der Waals surface area contributed by atoms with E-state index in [1.807, 2.05) is 0 Å². The highest BCUT2D eigenvalue weighted by Crippen LogP contribution is 2.27. The van der Waals surface area contributed by atoms with E-state index >= 15 is 0 Å². The van der Waals surface area contributed by atoms with Crippen molar-refractivity contribution in [2.24, 2.45) is 11.8 Å². The molecule has 3 N–H and O–H groups in total. The molecule has 120 valence electrons. The molecule has 21 heavy (non-hydrogen) atoms. The fraction of sp³-hybridized carbons (Fsp3) is 0.812. The third kappa shape index (κ3) is 5.09. The van der Waals surface area contributed by atoms with Crippen LogP contribution in [0.2, 0.25) is 0 Å². The minimum atomic E-state index is 0.254. The second-order valence-electron chi connectivity index (χ2n) is 6.44. The number of aromatic nitrogens is 2. The SMILES string of the molecule is COCC(C)CC(Cc1ccn(C2CCCCC2)n1)NN. The summed E-state index contributed by atoms with van der Waals surface area (Å²) >= 11 is 0. The summed E-state index contributed by atoms with van der Waals surface area (Å²) in [5.74, 6) is 6.19. The Kier molecular flexibility index (Phi) is 6.67. The molecule has 0 aromatic carbocycles. The van der Waals surface area contributed by atoms with Crippen molar-refractivity contribution in [1.29, 1.82) is 0 Å². The predicted octanol–water partition coefficient (Wildman–Crippen LogP) is 2.44. The molecule has 1 saturated carbocycles. The molecule has 0 radical (unpaired) electrons. The van der Waals surface area contributed by atoms with Gasteiger partial charge in [-0.15, -0.1) is 0 Å². The third-order valence-electron chi connectivity index (χ3n) is 4.44. The lowest BCUT2D eigenvalue weighted by molar-refractivity contribution is 0.149. The van der Waals surface area contributed by atoms with E-state index in [9.17, 15) is 0 Å². The minimum absolute atomic E-state index is 0.254. The first-order valence-electron chi connectivity index (χ1n) is 8.22. The molecule has 5 nitrogen and oxygen atoms in total. The van der Waals surface area contributed by atoms with Crippen LogP contribution in [0, 0.1) is 5.92 Å². The van der Waals surface area contributed by atoms with Gasteiger partial charge in [0.15, 0.2) is 0 Å². The van der Waals surface area contributed by atoms with Crippen LogP contribution in [0.15, 0.2) is 12.3 Å². The smallest absolute Gasteiger partial charge is 0.0640 e. The molecule has 1 heterocycles. The van der Waals surface area contributed by atoms with Crippen LogP contribution in [0.1, 0.15) is 57.2 Å². The molecule has 0 aliphatic heterocycles. The molecule has 0 bridgehead atoms. The maximum atomic E-state index is 5.69. The number of hydrogen-bond donors (Lipinski definition) is 2. The average Bonchev–Trinajstić information content (AvgIpc) is 2.96. The van der Waals surface area contributed by atoms with Crippen molar-refractivity contribution in [2.75, 3.05) is 13.7 Å². The molecule has 0 spiro atoms. The summed E-state index contributed by atoms with van der Waals surface area (Å²) in [6.07, 6.45) is 10.6. The van der Waals surface area contributed by atoms with E-state index in [2.05, 4.69) is 29.3 Å². The van der Waals surface area contributed by atoms with Gasteiger partial charge < -0.3 is 4.74 Å². The number of nitrogens with zero attached hydrogens (tertiary/aromatic N) is 2. The summed E-state index contributed by atoms with van der Waals surface area (Å²) in [7, 11) is 1.74. The topological polar surface area (TPSA) is 65.1 Å². The molecule has 1 aliphatic rings. The van der Waals surface area contributed by atoms with E-state index in [0.29, 0.717) is 12.0 Å². The lowest BCUT2D eigenvalue weighted by Gasteiger charge is -2.22. The van der Waals surface area contributed by atoms with E-state index in [1.165, 1.54) is 32.1 Å². The van der Waals surface area contributed by atoms with Gasteiger partial charge >= 0.3 is 0 Å². The Morgan fingerprint density at radius 3 is 2.86 bits per heavy atom. The third-order valence-corrected chi connectivity index (χ3v) is 4.44. The molecule has 0 saturated heterocycles. The quantitative estimate of drug-likeness (QED) is 0.571. The Bertz CT molecular complexity index is 401. The van der Waals surface area contributed by atoms with E-state index in [4.69, 9.17) is 15.7 Å². The predicted molar refractivity (Wildman–Crippen MR) is 84.8 cm³/mol. The van der Waals surface area contributed by atoms with Crippen molar-refractivity contribution >= 4 is 0 Å². The number of ether oxygens (including phenoxy) is 1. The fourth-order valence-corrected chi connectivity index (χ4v) is 3.34. The second kappa shape index (κ2) is 8.51. The summed E-state index contributed by atoms with van der Waals surface area (Å²) < 4.78 is 7.36. The van der Waals surface area contributed by atoms with Gasteiger partial charge in [-0.25, -0.2) is 0 Å². The van der Waals surface area contributed by atoms with Crippen molar-refractivity contribution < 1.29 is 4.74 Å². The molecule has 1 aromatic rings. The molecule has 2 atom stereocenters. The number of hydrazine groups is 1. The zero-order valence-electron chi connectivity index (χ0n) is 13.4. The normalized spacial score (nSPS) is 19.6. The van der Waals surface area contributed by atoms with Crippen LogP contribution >= 0.6 is 0 Å². The molecule has 1 aliphatic carbocycles.